The van der Waals surface area contributed by atoms with Gasteiger partial charge in [0, 0.05) is 18.7 Å². The molecule has 0 spiro atoms. The summed E-state index contributed by atoms with van der Waals surface area (Å²) in [6, 6.07) is 13.8. The highest BCUT2D eigenvalue weighted by atomic mass is 32.2. The standard InChI is InChI=1S/C15H16N2O3S/c16-12-5-7-14(8-6-12)21(18,19)17-10-13-9-11-3-1-2-4-15(11)20-13/h1-8,13,17H,9-10,16H2. The SMILES string of the molecule is Nc1ccc(S(=O)(=O)NCC2Cc3ccccc3O2)cc1. The molecule has 1 aliphatic rings. The Bertz CT molecular complexity index is 717. The molecule has 0 bridgehead atoms. The molecule has 5 nitrogen and oxygen atoms in total. The highest BCUT2D eigenvalue weighted by Gasteiger charge is 2.24. The van der Waals surface area contributed by atoms with Crippen LogP contribution < -0.4 is 15.2 Å². The highest BCUT2D eigenvalue weighted by molar-refractivity contribution is 7.89. The number of anilines is 1. The Hall–Kier alpha value is -2.05. The van der Waals surface area contributed by atoms with E-state index in [0.717, 1.165) is 11.3 Å². The van der Waals surface area contributed by atoms with Crippen LogP contribution in [0.1, 0.15) is 5.56 Å². The lowest BCUT2D eigenvalue weighted by atomic mass is 10.1. The third-order valence-corrected chi connectivity index (χ3v) is 4.84. The van der Waals surface area contributed by atoms with Gasteiger partial charge in [-0.05, 0) is 35.9 Å². The van der Waals surface area contributed by atoms with E-state index in [1.807, 2.05) is 24.3 Å². The van der Waals surface area contributed by atoms with Crippen molar-refractivity contribution in [2.75, 3.05) is 12.3 Å². The minimum atomic E-state index is -3.54. The van der Waals surface area contributed by atoms with Crippen molar-refractivity contribution in [1.82, 2.24) is 4.72 Å². The Morgan fingerprint density at radius 2 is 1.86 bits per heavy atom. The fraction of sp³-hybridized carbons (Fsp3) is 0.200. The van der Waals surface area contributed by atoms with Crippen LogP contribution in [-0.4, -0.2) is 21.1 Å². The van der Waals surface area contributed by atoms with Crippen LogP contribution in [0.4, 0.5) is 5.69 Å². The zero-order chi connectivity index (χ0) is 14.9. The number of nitrogens with one attached hydrogen (secondary N) is 1. The van der Waals surface area contributed by atoms with E-state index in [2.05, 4.69) is 4.72 Å². The maximum absolute atomic E-state index is 12.2. The van der Waals surface area contributed by atoms with Crippen LogP contribution in [0.25, 0.3) is 0 Å². The predicted octanol–water partition coefficient (Wildman–Crippen LogP) is 1.55. The Balaban J connectivity index is 1.65. The van der Waals surface area contributed by atoms with Crippen molar-refractivity contribution < 1.29 is 13.2 Å². The number of nitrogen functional groups attached to an aromatic ring is 1. The Morgan fingerprint density at radius 3 is 2.57 bits per heavy atom. The molecule has 110 valence electrons. The van der Waals surface area contributed by atoms with Crippen LogP contribution >= 0.6 is 0 Å². The van der Waals surface area contributed by atoms with Crippen molar-refractivity contribution in [3.05, 3.63) is 54.1 Å². The molecule has 0 saturated heterocycles. The number of rotatable bonds is 4. The van der Waals surface area contributed by atoms with Crippen molar-refractivity contribution in [1.29, 1.82) is 0 Å². The van der Waals surface area contributed by atoms with Gasteiger partial charge in [0.25, 0.3) is 0 Å². The Morgan fingerprint density at radius 1 is 1.14 bits per heavy atom. The molecule has 1 atom stereocenters. The minimum absolute atomic E-state index is 0.175. The summed E-state index contributed by atoms with van der Waals surface area (Å²) in [5.41, 5.74) is 7.19. The summed E-state index contributed by atoms with van der Waals surface area (Å²) in [5.74, 6) is 0.828. The second-order valence-electron chi connectivity index (χ2n) is 4.97. The average Bonchev–Trinajstić information content (AvgIpc) is 2.89. The van der Waals surface area contributed by atoms with E-state index < -0.39 is 10.0 Å². The largest absolute Gasteiger partial charge is 0.488 e. The van der Waals surface area contributed by atoms with Crippen LogP contribution in [0, 0.1) is 0 Å². The molecular formula is C15H16N2O3S. The lowest BCUT2D eigenvalue weighted by Crippen LogP contribution is -2.34. The van der Waals surface area contributed by atoms with Crippen LogP contribution in [0.15, 0.2) is 53.4 Å². The number of fused-ring (bicyclic) bond motifs is 1. The summed E-state index contributed by atoms with van der Waals surface area (Å²) in [6.45, 7) is 0.237. The Labute approximate surface area is 123 Å². The molecule has 6 heteroatoms. The van der Waals surface area contributed by atoms with Crippen molar-refractivity contribution >= 4 is 15.7 Å². The summed E-state index contributed by atoms with van der Waals surface area (Å²) in [5, 5.41) is 0. The molecule has 3 rings (SSSR count). The van der Waals surface area contributed by atoms with E-state index >= 15 is 0 Å². The van der Waals surface area contributed by atoms with Crippen LogP contribution in [0.5, 0.6) is 5.75 Å². The van der Waals surface area contributed by atoms with Crippen molar-refractivity contribution in [3.8, 4) is 5.75 Å². The average molecular weight is 304 g/mol. The summed E-state index contributed by atoms with van der Waals surface area (Å²) in [6.07, 6.45) is 0.534. The van der Waals surface area contributed by atoms with Gasteiger partial charge in [-0.2, -0.15) is 0 Å². The summed E-state index contributed by atoms with van der Waals surface area (Å²) in [4.78, 5) is 0.201. The predicted molar refractivity (Wildman–Crippen MR) is 80.6 cm³/mol. The van der Waals surface area contributed by atoms with Crippen LogP contribution in [0.3, 0.4) is 0 Å². The first-order valence-corrected chi connectivity index (χ1v) is 8.13. The van der Waals surface area contributed by atoms with Crippen molar-refractivity contribution in [2.45, 2.75) is 17.4 Å². The lowest BCUT2D eigenvalue weighted by Gasteiger charge is -2.12. The molecule has 3 N–H and O–H groups in total. The topological polar surface area (TPSA) is 81.4 Å². The number of para-hydroxylation sites is 1. The number of ether oxygens (including phenoxy) is 1. The lowest BCUT2D eigenvalue weighted by molar-refractivity contribution is 0.236. The molecule has 0 radical (unpaired) electrons. The first-order chi connectivity index (χ1) is 10.0. The third-order valence-electron chi connectivity index (χ3n) is 3.41. The van der Waals surface area contributed by atoms with E-state index in [-0.39, 0.29) is 17.5 Å². The number of nitrogens with two attached hydrogens (primary N) is 1. The van der Waals surface area contributed by atoms with Gasteiger partial charge < -0.3 is 10.5 Å². The zero-order valence-corrected chi connectivity index (χ0v) is 12.1. The first kappa shape index (κ1) is 13.9. The number of hydrogen-bond donors (Lipinski definition) is 2. The molecule has 0 fully saturated rings. The smallest absolute Gasteiger partial charge is 0.240 e. The molecule has 21 heavy (non-hydrogen) atoms. The molecule has 2 aromatic carbocycles. The summed E-state index contributed by atoms with van der Waals surface area (Å²) < 4.78 is 32.6. The van der Waals surface area contributed by atoms with Crippen molar-refractivity contribution in [3.63, 3.8) is 0 Å². The second kappa shape index (κ2) is 5.38. The van der Waals surface area contributed by atoms with Gasteiger partial charge in [-0.3, -0.25) is 0 Å². The van der Waals surface area contributed by atoms with Gasteiger partial charge in [0.1, 0.15) is 11.9 Å². The van der Waals surface area contributed by atoms with Gasteiger partial charge in [-0.25, -0.2) is 13.1 Å². The van der Waals surface area contributed by atoms with E-state index in [9.17, 15) is 8.42 Å². The van der Waals surface area contributed by atoms with E-state index in [1.165, 1.54) is 12.1 Å². The van der Waals surface area contributed by atoms with Gasteiger partial charge in [0.05, 0.1) is 4.90 Å². The summed E-state index contributed by atoms with van der Waals surface area (Å²) >= 11 is 0. The number of sulfonamides is 1. The third kappa shape index (κ3) is 3.01. The molecule has 0 aromatic heterocycles. The molecule has 0 aliphatic carbocycles. The van der Waals surface area contributed by atoms with Gasteiger partial charge >= 0.3 is 0 Å². The maximum Gasteiger partial charge on any atom is 0.240 e. The minimum Gasteiger partial charge on any atom is -0.488 e. The molecular weight excluding hydrogens is 288 g/mol. The quantitative estimate of drug-likeness (QED) is 0.840. The monoisotopic (exact) mass is 304 g/mol. The van der Waals surface area contributed by atoms with Gasteiger partial charge in [-0.1, -0.05) is 18.2 Å². The fourth-order valence-electron chi connectivity index (χ4n) is 2.30. The van der Waals surface area contributed by atoms with Crippen molar-refractivity contribution in [2.24, 2.45) is 0 Å². The molecule has 1 aliphatic heterocycles. The molecule has 2 aromatic rings. The van der Waals surface area contributed by atoms with Crippen LogP contribution in [0.2, 0.25) is 0 Å². The first-order valence-electron chi connectivity index (χ1n) is 6.64. The van der Waals surface area contributed by atoms with Gasteiger partial charge in [0.2, 0.25) is 10.0 Å². The van der Waals surface area contributed by atoms with Gasteiger partial charge in [-0.15, -0.1) is 0 Å². The fourth-order valence-corrected chi connectivity index (χ4v) is 3.37. The van der Waals surface area contributed by atoms with Gasteiger partial charge in [0.15, 0.2) is 0 Å². The van der Waals surface area contributed by atoms with E-state index in [0.29, 0.717) is 12.1 Å². The summed E-state index contributed by atoms with van der Waals surface area (Å²) in [7, 11) is -3.54. The van der Waals surface area contributed by atoms with Crippen LogP contribution in [-0.2, 0) is 16.4 Å². The van der Waals surface area contributed by atoms with E-state index in [4.69, 9.17) is 10.5 Å². The second-order valence-corrected chi connectivity index (χ2v) is 6.74. The highest BCUT2D eigenvalue weighted by Crippen LogP contribution is 2.27. The molecule has 1 unspecified atom stereocenters. The molecule has 1 heterocycles. The number of hydrogen-bond acceptors (Lipinski definition) is 4. The Kier molecular flexibility index (Phi) is 3.57. The normalized spacial score (nSPS) is 17.2. The molecule has 0 saturated carbocycles. The zero-order valence-electron chi connectivity index (χ0n) is 11.3. The molecule has 0 amide bonds. The van der Waals surface area contributed by atoms with E-state index in [1.54, 1.807) is 12.1 Å². The maximum atomic E-state index is 12.2. The number of benzene rings is 2.